The second kappa shape index (κ2) is 6.11. The molecule has 0 bridgehead atoms. The molecule has 6 nitrogen and oxygen atoms in total. The van der Waals surface area contributed by atoms with E-state index in [4.69, 9.17) is 0 Å². The van der Waals surface area contributed by atoms with E-state index in [0.717, 1.165) is 56.7 Å². The van der Waals surface area contributed by atoms with Gasteiger partial charge in [0.2, 0.25) is 0 Å². The zero-order valence-electron chi connectivity index (χ0n) is 11.8. The molecular formula is C14H19N3O3S. The zero-order valence-corrected chi connectivity index (χ0v) is 12.6. The average Bonchev–Trinajstić information content (AvgIpc) is 3.20. The van der Waals surface area contributed by atoms with E-state index in [1.807, 2.05) is 4.90 Å². The Morgan fingerprint density at radius 1 is 1.48 bits per heavy atom. The van der Waals surface area contributed by atoms with Crippen LogP contribution < -0.4 is 5.32 Å². The third kappa shape index (κ3) is 3.41. The number of rotatable bonds is 5. The molecule has 2 aliphatic rings. The highest BCUT2D eigenvalue weighted by Gasteiger charge is 2.35. The van der Waals surface area contributed by atoms with Crippen molar-refractivity contribution in [2.75, 3.05) is 19.6 Å². The van der Waals surface area contributed by atoms with Crippen molar-refractivity contribution in [2.24, 2.45) is 5.92 Å². The van der Waals surface area contributed by atoms with E-state index in [-0.39, 0.29) is 10.9 Å². The monoisotopic (exact) mass is 309 g/mol. The highest BCUT2D eigenvalue weighted by atomic mass is 32.1. The smallest absolute Gasteiger partial charge is 0.324 e. The SMILES string of the molecule is O=C(c1csc([N+](=O)[O-])c1)N(CC1CCCNC1)C1CC1. The molecule has 0 spiro atoms. The standard InChI is InChI=1S/C14H19N3O3S/c18-14(11-6-13(17(19)20)21-9-11)16(12-3-4-12)8-10-2-1-5-15-7-10/h6,9-10,12,15H,1-5,7-8H2. The van der Waals surface area contributed by atoms with Crippen LogP contribution in [0.5, 0.6) is 0 Å². The van der Waals surface area contributed by atoms with Crippen LogP contribution in [0.4, 0.5) is 5.00 Å². The molecule has 7 heteroatoms. The third-order valence-electron chi connectivity index (χ3n) is 4.11. The van der Waals surface area contributed by atoms with Crippen molar-refractivity contribution in [3.05, 3.63) is 27.1 Å². The van der Waals surface area contributed by atoms with Crippen LogP contribution >= 0.6 is 11.3 Å². The number of nitrogens with zero attached hydrogens (tertiary/aromatic N) is 2. The quantitative estimate of drug-likeness (QED) is 0.668. The minimum Gasteiger partial charge on any atom is -0.335 e. The van der Waals surface area contributed by atoms with Crippen molar-refractivity contribution in [1.82, 2.24) is 10.2 Å². The zero-order chi connectivity index (χ0) is 14.8. The van der Waals surface area contributed by atoms with Gasteiger partial charge in [-0.25, -0.2) is 0 Å². The number of thiophene rings is 1. The van der Waals surface area contributed by atoms with Gasteiger partial charge in [0, 0.05) is 24.0 Å². The fourth-order valence-electron chi connectivity index (χ4n) is 2.84. The minimum atomic E-state index is -0.437. The predicted octanol–water partition coefficient (Wildman–Crippen LogP) is 2.26. The van der Waals surface area contributed by atoms with Gasteiger partial charge in [-0.05, 0) is 44.7 Å². The first-order valence-electron chi connectivity index (χ1n) is 7.40. The summed E-state index contributed by atoms with van der Waals surface area (Å²) < 4.78 is 0. The summed E-state index contributed by atoms with van der Waals surface area (Å²) in [6.45, 7) is 2.78. The van der Waals surface area contributed by atoms with Crippen LogP contribution in [-0.4, -0.2) is 41.4 Å². The Morgan fingerprint density at radius 2 is 2.29 bits per heavy atom. The summed E-state index contributed by atoms with van der Waals surface area (Å²) >= 11 is 1.02. The fourth-order valence-corrected chi connectivity index (χ4v) is 3.54. The number of nitro groups is 1. The van der Waals surface area contributed by atoms with Crippen LogP contribution in [0.15, 0.2) is 11.4 Å². The Labute approximate surface area is 127 Å². The molecule has 1 amide bonds. The molecule has 0 radical (unpaired) electrons. The summed E-state index contributed by atoms with van der Waals surface area (Å²) in [5.41, 5.74) is 0.461. The molecule has 1 atom stereocenters. The average molecular weight is 309 g/mol. The lowest BCUT2D eigenvalue weighted by Crippen LogP contribution is -2.42. The maximum absolute atomic E-state index is 12.6. The van der Waals surface area contributed by atoms with E-state index >= 15 is 0 Å². The lowest BCUT2D eigenvalue weighted by Gasteiger charge is -2.30. The molecule has 1 aromatic rings. The van der Waals surface area contributed by atoms with Gasteiger partial charge in [-0.2, -0.15) is 0 Å². The van der Waals surface area contributed by atoms with Crippen molar-refractivity contribution in [3.8, 4) is 0 Å². The summed E-state index contributed by atoms with van der Waals surface area (Å²) in [7, 11) is 0. The predicted molar refractivity (Wildman–Crippen MR) is 80.6 cm³/mol. The molecule has 1 aliphatic carbocycles. The van der Waals surface area contributed by atoms with Crippen molar-refractivity contribution >= 4 is 22.2 Å². The molecule has 0 aromatic carbocycles. The summed E-state index contributed by atoms with van der Waals surface area (Å²) in [6.07, 6.45) is 4.41. The summed E-state index contributed by atoms with van der Waals surface area (Å²) in [5, 5.41) is 15.8. The van der Waals surface area contributed by atoms with Gasteiger partial charge in [-0.1, -0.05) is 11.3 Å². The number of carbonyl (C=O) groups is 1. The number of carbonyl (C=O) groups excluding carboxylic acids is 1. The van der Waals surface area contributed by atoms with Crippen molar-refractivity contribution in [3.63, 3.8) is 0 Å². The lowest BCUT2D eigenvalue weighted by atomic mass is 9.98. The molecule has 1 unspecified atom stereocenters. The Kier molecular flexibility index (Phi) is 4.21. The molecule has 1 aromatic heterocycles. The Bertz CT molecular complexity index is 535. The van der Waals surface area contributed by atoms with Crippen molar-refractivity contribution < 1.29 is 9.72 Å². The van der Waals surface area contributed by atoms with E-state index in [9.17, 15) is 14.9 Å². The number of piperidine rings is 1. The van der Waals surface area contributed by atoms with Gasteiger partial charge in [-0.15, -0.1) is 0 Å². The topological polar surface area (TPSA) is 75.5 Å². The summed E-state index contributed by atoms with van der Waals surface area (Å²) in [4.78, 5) is 24.9. The largest absolute Gasteiger partial charge is 0.335 e. The first kappa shape index (κ1) is 14.5. The van der Waals surface area contributed by atoms with Crippen LogP contribution in [0.1, 0.15) is 36.0 Å². The van der Waals surface area contributed by atoms with E-state index in [1.165, 1.54) is 6.07 Å². The van der Waals surface area contributed by atoms with E-state index in [2.05, 4.69) is 5.32 Å². The highest BCUT2D eigenvalue weighted by Crippen LogP contribution is 2.31. The molecule has 21 heavy (non-hydrogen) atoms. The molecule has 2 fully saturated rings. The van der Waals surface area contributed by atoms with Crippen LogP contribution in [0.2, 0.25) is 0 Å². The highest BCUT2D eigenvalue weighted by molar-refractivity contribution is 7.13. The summed E-state index contributed by atoms with van der Waals surface area (Å²) in [5.74, 6) is 0.448. The number of amides is 1. The van der Waals surface area contributed by atoms with Gasteiger partial charge in [0.25, 0.3) is 5.91 Å². The minimum absolute atomic E-state index is 0.0356. The maximum Gasteiger partial charge on any atom is 0.324 e. The first-order valence-corrected chi connectivity index (χ1v) is 8.27. The summed E-state index contributed by atoms with van der Waals surface area (Å²) in [6, 6.07) is 1.74. The molecule has 3 rings (SSSR count). The Hall–Kier alpha value is -1.47. The molecule has 1 N–H and O–H groups in total. The van der Waals surface area contributed by atoms with Gasteiger partial charge in [0.15, 0.2) is 0 Å². The third-order valence-corrected chi connectivity index (χ3v) is 5.00. The second-order valence-electron chi connectivity index (χ2n) is 5.83. The molecule has 1 saturated heterocycles. The molecule has 2 heterocycles. The van der Waals surface area contributed by atoms with E-state index in [1.54, 1.807) is 5.38 Å². The van der Waals surface area contributed by atoms with Gasteiger partial charge in [-0.3, -0.25) is 14.9 Å². The van der Waals surface area contributed by atoms with Gasteiger partial charge in [0.1, 0.15) is 0 Å². The molecule has 1 saturated carbocycles. The lowest BCUT2D eigenvalue weighted by molar-refractivity contribution is -0.380. The van der Waals surface area contributed by atoms with Crippen LogP contribution in [0, 0.1) is 16.0 Å². The van der Waals surface area contributed by atoms with Crippen LogP contribution in [0.3, 0.4) is 0 Å². The number of nitrogens with one attached hydrogen (secondary N) is 1. The Morgan fingerprint density at radius 3 is 2.86 bits per heavy atom. The second-order valence-corrected chi connectivity index (χ2v) is 6.72. The molecule has 1 aliphatic heterocycles. The van der Waals surface area contributed by atoms with Crippen LogP contribution in [0.25, 0.3) is 0 Å². The molecule has 114 valence electrons. The van der Waals surface area contributed by atoms with E-state index in [0.29, 0.717) is 17.5 Å². The maximum atomic E-state index is 12.6. The fraction of sp³-hybridized carbons (Fsp3) is 0.643. The van der Waals surface area contributed by atoms with Gasteiger partial charge in [0.05, 0.1) is 10.5 Å². The van der Waals surface area contributed by atoms with E-state index < -0.39 is 4.92 Å². The van der Waals surface area contributed by atoms with Crippen molar-refractivity contribution in [2.45, 2.75) is 31.7 Å². The van der Waals surface area contributed by atoms with Gasteiger partial charge < -0.3 is 10.2 Å². The normalized spacial score (nSPS) is 22.0. The van der Waals surface area contributed by atoms with Gasteiger partial charge >= 0.3 is 5.00 Å². The van der Waals surface area contributed by atoms with Crippen molar-refractivity contribution in [1.29, 1.82) is 0 Å². The first-order chi connectivity index (χ1) is 10.1. The Balaban J connectivity index is 1.70. The number of hydrogen-bond donors (Lipinski definition) is 1. The molecular weight excluding hydrogens is 290 g/mol. The number of hydrogen-bond acceptors (Lipinski definition) is 5. The van der Waals surface area contributed by atoms with Crippen LogP contribution in [-0.2, 0) is 0 Å².